The summed E-state index contributed by atoms with van der Waals surface area (Å²) < 4.78 is 5.55. The number of ether oxygens (including phenoxy) is 1. The molecule has 1 saturated carbocycles. The Kier molecular flexibility index (Phi) is 7.26. The summed E-state index contributed by atoms with van der Waals surface area (Å²) in [4.78, 5) is 11.7. The molecule has 6 nitrogen and oxygen atoms in total. The molecule has 180 valence electrons. The molecule has 6 heteroatoms. The number of allylic oxidation sites excluding steroid dienone is 4. The van der Waals surface area contributed by atoms with Gasteiger partial charge < -0.3 is 20.3 Å². The van der Waals surface area contributed by atoms with E-state index < -0.39 is 0 Å². The molecule has 2 saturated heterocycles. The molecule has 1 aromatic heterocycles. The van der Waals surface area contributed by atoms with Gasteiger partial charge in [-0.2, -0.15) is 0 Å². The second-order valence-electron chi connectivity index (χ2n) is 9.62. The summed E-state index contributed by atoms with van der Waals surface area (Å²) in [5, 5.41) is 7.60. The van der Waals surface area contributed by atoms with Crippen LogP contribution < -0.4 is 15.5 Å². The van der Waals surface area contributed by atoms with Gasteiger partial charge in [-0.05, 0) is 63.2 Å². The maximum Gasteiger partial charge on any atom is 0.112 e. The van der Waals surface area contributed by atoms with Crippen molar-refractivity contribution in [1.29, 1.82) is 0 Å². The summed E-state index contributed by atoms with van der Waals surface area (Å²) in [7, 11) is 0. The van der Waals surface area contributed by atoms with E-state index in [4.69, 9.17) is 4.74 Å². The number of anilines is 2. The molecule has 0 amide bonds. The van der Waals surface area contributed by atoms with Crippen molar-refractivity contribution in [3.8, 4) is 0 Å². The zero-order valence-corrected chi connectivity index (χ0v) is 20.4. The molecule has 3 aliphatic rings. The molecule has 2 aliphatic heterocycles. The zero-order valence-electron chi connectivity index (χ0n) is 20.4. The monoisotopic (exact) mass is 459 g/mol. The minimum Gasteiger partial charge on any atom is -0.380 e. The average Bonchev–Trinajstić information content (AvgIpc) is 3.68. The van der Waals surface area contributed by atoms with E-state index in [1.807, 2.05) is 0 Å². The van der Waals surface area contributed by atoms with Crippen LogP contribution >= 0.6 is 0 Å². The van der Waals surface area contributed by atoms with Gasteiger partial charge in [-0.25, -0.2) is 0 Å². The van der Waals surface area contributed by atoms with Crippen LogP contribution in [0, 0.1) is 5.92 Å². The highest BCUT2D eigenvalue weighted by Crippen LogP contribution is 2.38. The Labute approximate surface area is 203 Å². The maximum atomic E-state index is 5.55. The molecule has 0 spiro atoms. The fourth-order valence-corrected chi connectivity index (χ4v) is 5.54. The molecule has 1 aromatic carbocycles. The minimum absolute atomic E-state index is 0.481. The van der Waals surface area contributed by atoms with Gasteiger partial charge in [-0.3, -0.25) is 9.97 Å². The number of nitrogens with zero attached hydrogens (tertiary/aromatic N) is 3. The second-order valence-corrected chi connectivity index (χ2v) is 9.62. The van der Waals surface area contributed by atoms with E-state index in [0.717, 1.165) is 48.9 Å². The first-order valence-electron chi connectivity index (χ1n) is 12.8. The summed E-state index contributed by atoms with van der Waals surface area (Å²) in [6, 6.07) is 6.05. The number of hydrogen-bond acceptors (Lipinski definition) is 6. The Hall–Kier alpha value is -2.70. The highest BCUT2D eigenvalue weighted by atomic mass is 16.5. The molecule has 3 fully saturated rings. The molecule has 2 aromatic rings. The highest BCUT2D eigenvalue weighted by Gasteiger charge is 2.44. The minimum atomic E-state index is 0.481. The number of rotatable bonds is 7. The zero-order chi connectivity index (χ0) is 23.3. The van der Waals surface area contributed by atoms with Crippen molar-refractivity contribution in [1.82, 2.24) is 15.3 Å². The van der Waals surface area contributed by atoms with Crippen molar-refractivity contribution in [3.63, 3.8) is 0 Å². The number of hydrogen-bond donors (Lipinski definition) is 2. The number of morpholine rings is 1. The van der Waals surface area contributed by atoms with Crippen molar-refractivity contribution in [2.45, 2.75) is 57.7 Å². The lowest BCUT2D eigenvalue weighted by Gasteiger charge is -2.31. The summed E-state index contributed by atoms with van der Waals surface area (Å²) in [6.45, 7) is 7.60. The van der Waals surface area contributed by atoms with E-state index in [-0.39, 0.29) is 0 Å². The van der Waals surface area contributed by atoms with Crippen molar-refractivity contribution in [2.75, 3.05) is 36.5 Å². The van der Waals surface area contributed by atoms with Crippen molar-refractivity contribution in [3.05, 3.63) is 60.5 Å². The van der Waals surface area contributed by atoms with Gasteiger partial charge in [0, 0.05) is 49.3 Å². The topological polar surface area (TPSA) is 72.2 Å². The van der Waals surface area contributed by atoms with Crippen LogP contribution in [0.4, 0.5) is 11.4 Å². The molecule has 1 aliphatic carbocycles. The molecular weight excluding hydrogens is 422 g/mol. The molecule has 2 N–H and O–H groups in total. The Morgan fingerprint density at radius 3 is 2.62 bits per heavy atom. The van der Waals surface area contributed by atoms with E-state index in [1.54, 1.807) is 12.4 Å². The van der Waals surface area contributed by atoms with Gasteiger partial charge >= 0.3 is 0 Å². The van der Waals surface area contributed by atoms with Crippen LogP contribution in [0.15, 0.2) is 60.5 Å². The molecule has 2 unspecified atom stereocenters. The third kappa shape index (κ3) is 5.18. The normalized spacial score (nSPS) is 28.2. The quantitative estimate of drug-likeness (QED) is 0.455. The molecule has 34 heavy (non-hydrogen) atoms. The summed E-state index contributed by atoms with van der Waals surface area (Å²) in [5.74, 6) is 0.754. The largest absolute Gasteiger partial charge is 0.380 e. The van der Waals surface area contributed by atoms with E-state index in [0.29, 0.717) is 18.1 Å². The third-order valence-electron chi connectivity index (χ3n) is 7.48. The first-order valence-corrected chi connectivity index (χ1v) is 12.8. The van der Waals surface area contributed by atoms with Gasteiger partial charge in [-0.15, -0.1) is 0 Å². The van der Waals surface area contributed by atoms with Gasteiger partial charge in [0.25, 0.3) is 0 Å². The van der Waals surface area contributed by atoms with Gasteiger partial charge in [0.15, 0.2) is 0 Å². The number of benzene rings is 1. The first kappa shape index (κ1) is 23.1. The summed E-state index contributed by atoms with van der Waals surface area (Å²) >= 11 is 0. The van der Waals surface area contributed by atoms with Gasteiger partial charge in [-0.1, -0.05) is 30.4 Å². The third-order valence-corrected chi connectivity index (χ3v) is 7.48. The summed E-state index contributed by atoms with van der Waals surface area (Å²) in [5.41, 5.74) is 5.66. The van der Waals surface area contributed by atoms with Gasteiger partial charge in [0.1, 0.15) is 5.52 Å². The number of nitrogens with one attached hydrogen (secondary N) is 2. The maximum absolute atomic E-state index is 5.55. The second kappa shape index (κ2) is 10.7. The Balaban J connectivity index is 1.22. The SMILES string of the molecule is C\C=C/C=C\C(=C/C)C1NC1C1CCC(Nc2cc(N3CCOCC3)cc3nccnc23)CC1. The Morgan fingerprint density at radius 1 is 1.06 bits per heavy atom. The lowest BCUT2D eigenvalue weighted by atomic mass is 9.82. The number of aromatic nitrogens is 2. The molecule has 3 heterocycles. The molecule has 0 bridgehead atoms. The van der Waals surface area contributed by atoms with E-state index in [1.165, 1.54) is 36.9 Å². The van der Waals surface area contributed by atoms with Crippen molar-refractivity contribution in [2.24, 2.45) is 5.92 Å². The molecule has 5 rings (SSSR count). The smallest absolute Gasteiger partial charge is 0.112 e. The fourth-order valence-electron chi connectivity index (χ4n) is 5.54. The fraction of sp³-hybridized carbons (Fsp3) is 0.500. The van der Waals surface area contributed by atoms with Crippen LogP contribution in [0.2, 0.25) is 0 Å². The Morgan fingerprint density at radius 2 is 1.85 bits per heavy atom. The van der Waals surface area contributed by atoms with E-state index in [9.17, 15) is 0 Å². The summed E-state index contributed by atoms with van der Waals surface area (Å²) in [6.07, 6.45) is 19.3. The standard InChI is InChI=1S/C28H37N5O/c1-3-5-6-7-20(4-2)26-27(32-26)21-8-10-22(11-9-21)31-25-19-23(33-14-16-34-17-15-33)18-24-28(25)30-13-12-29-24/h3-7,12-13,18-19,21-22,26-27,31-32H,8-11,14-17H2,1-2H3/b5-3-,7-6-,20-4+. The number of fused-ring (bicyclic) bond motifs is 1. The van der Waals surface area contributed by atoms with E-state index in [2.05, 4.69) is 81.9 Å². The Bertz CT molecular complexity index is 1060. The van der Waals surface area contributed by atoms with Crippen LogP contribution in [0.5, 0.6) is 0 Å². The average molecular weight is 460 g/mol. The molecular formula is C28H37N5O. The van der Waals surface area contributed by atoms with Crippen LogP contribution in [0.3, 0.4) is 0 Å². The van der Waals surface area contributed by atoms with Crippen LogP contribution in [-0.4, -0.2) is 54.4 Å². The first-order chi connectivity index (χ1) is 16.8. The lowest BCUT2D eigenvalue weighted by Crippen LogP contribution is -2.36. The van der Waals surface area contributed by atoms with Crippen LogP contribution in [-0.2, 0) is 4.74 Å². The van der Waals surface area contributed by atoms with E-state index >= 15 is 0 Å². The van der Waals surface area contributed by atoms with Crippen LogP contribution in [0.25, 0.3) is 11.0 Å². The predicted octanol–water partition coefficient (Wildman–Crippen LogP) is 4.86. The van der Waals surface area contributed by atoms with Gasteiger partial charge in [0.05, 0.1) is 24.4 Å². The molecule has 2 atom stereocenters. The van der Waals surface area contributed by atoms with Crippen molar-refractivity contribution >= 4 is 22.4 Å². The predicted molar refractivity (Wildman–Crippen MR) is 140 cm³/mol. The highest BCUT2D eigenvalue weighted by molar-refractivity contribution is 5.91. The van der Waals surface area contributed by atoms with Crippen molar-refractivity contribution < 1.29 is 4.74 Å². The van der Waals surface area contributed by atoms with Gasteiger partial charge in [0.2, 0.25) is 0 Å². The molecule has 0 radical (unpaired) electrons. The van der Waals surface area contributed by atoms with Crippen LogP contribution in [0.1, 0.15) is 39.5 Å². The lowest BCUT2D eigenvalue weighted by molar-refractivity contribution is 0.122.